The summed E-state index contributed by atoms with van der Waals surface area (Å²) in [7, 11) is 2.01. The van der Waals surface area contributed by atoms with E-state index < -0.39 is 0 Å². The summed E-state index contributed by atoms with van der Waals surface area (Å²) in [6.45, 7) is 4.74. The smallest absolute Gasteiger partial charge is 0.0679 e. The normalized spacial score (nSPS) is 24.2. The molecular formula is C17H24N2. The summed E-state index contributed by atoms with van der Waals surface area (Å²) in [6.07, 6.45) is 7.49. The van der Waals surface area contributed by atoms with Gasteiger partial charge in [0.25, 0.3) is 0 Å². The first-order chi connectivity index (χ1) is 9.15. The second-order valence-electron chi connectivity index (χ2n) is 6.44. The Morgan fingerprint density at radius 1 is 1.16 bits per heavy atom. The van der Waals surface area contributed by atoms with Gasteiger partial charge in [0.15, 0.2) is 0 Å². The summed E-state index contributed by atoms with van der Waals surface area (Å²) in [4.78, 5) is 0. The van der Waals surface area contributed by atoms with Gasteiger partial charge in [-0.1, -0.05) is 19.9 Å². The van der Waals surface area contributed by atoms with Crippen molar-refractivity contribution in [2.75, 3.05) is 0 Å². The van der Waals surface area contributed by atoms with Crippen LogP contribution in [0.3, 0.4) is 0 Å². The molecule has 1 fully saturated rings. The van der Waals surface area contributed by atoms with Crippen molar-refractivity contribution in [3.63, 3.8) is 0 Å². The van der Waals surface area contributed by atoms with Crippen molar-refractivity contribution in [2.45, 2.75) is 45.4 Å². The minimum Gasteiger partial charge on any atom is -0.268 e. The van der Waals surface area contributed by atoms with Gasteiger partial charge in [0.05, 0.1) is 11.7 Å². The van der Waals surface area contributed by atoms with Gasteiger partial charge >= 0.3 is 0 Å². The van der Waals surface area contributed by atoms with Crippen LogP contribution in [-0.2, 0) is 7.05 Å². The molecule has 102 valence electrons. The van der Waals surface area contributed by atoms with Crippen LogP contribution < -0.4 is 0 Å². The van der Waals surface area contributed by atoms with Gasteiger partial charge in [-0.25, -0.2) is 0 Å². The first-order valence-electron chi connectivity index (χ1n) is 7.57. The van der Waals surface area contributed by atoms with E-state index in [1.54, 1.807) is 0 Å². The fourth-order valence-electron chi connectivity index (χ4n) is 3.56. The number of rotatable bonds is 2. The molecule has 1 aliphatic carbocycles. The maximum Gasteiger partial charge on any atom is 0.0679 e. The van der Waals surface area contributed by atoms with Crippen molar-refractivity contribution in [1.29, 1.82) is 0 Å². The number of aryl methyl sites for hydroxylation is 1. The van der Waals surface area contributed by atoms with Crippen molar-refractivity contribution < 1.29 is 0 Å². The molecule has 1 saturated carbocycles. The van der Waals surface area contributed by atoms with Crippen LogP contribution in [0, 0.1) is 11.8 Å². The topological polar surface area (TPSA) is 17.8 Å². The summed E-state index contributed by atoms with van der Waals surface area (Å²) >= 11 is 0. The van der Waals surface area contributed by atoms with E-state index in [-0.39, 0.29) is 0 Å². The fraction of sp³-hybridized carbons (Fsp3) is 0.588. The van der Waals surface area contributed by atoms with E-state index in [0.29, 0.717) is 0 Å². The Hall–Kier alpha value is -1.31. The number of hydrogen-bond acceptors (Lipinski definition) is 1. The molecule has 0 amide bonds. The van der Waals surface area contributed by atoms with Crippen molar-refractivity contribution in [2.24, 2.45) is 18.9 Å². The van der Waals surface area contributed by atoms with E-state index >= 15 is 0 Å². The number of nitrogens with zero attached hydrogens (tertiary/aromatic N) is 2. The third-order valence-corrected chi connectivity index (χ3v) is 4.96. The van der Waals surface area contributed by atoms with E-state index in [1.807, 2.05) is 17.9 Å². The van der Waals surface area contributed by atoms with Crippen LogP contribution in [0.1, 0.15) is 51.0 Å². The van der Waals surface area contributed by atoms with Gasteiger partial charge in [0, 0.05) is 12.4 Å². The largest absolute Gasteiger partial charge is 0.268 e. The first kappa shape index (κ1) is 12.7. The molecule has 3 rings (SSSR count). The maximum atomic E-state index is 4.33. The molecule has 0 spiro atoms. The highest BCUT2D eigenvalue weighted by Gasteiger charge is 2.24. The molecule has 0 atom stereocenters. The summed E-state index contributed by atoms with van der Waals surface area (Å²) in [5.41, 5.74) is 2.75. The predicted molar refractivity (Wildman–Crippen MR) is 80.3 cm³/mol. The van der Waals surface area contributed by atoms with Gasteiger partial charge < -0.3 is 0 Å². The van der Waals surface area contributed by atoms with Crippen LogP contribution in [0.5, 0.6) is 0 Å². The molecule has 1 aromatic carbocycles. The molecule has 1 heterocycles. The zero-order valence-electron chi connectivity index (χ0n) is 12.3. The second-order valence-corrected chi connectivity index (χ2v) is 6.44. The minimum absolute atomic E-state index is 0.764. The van der Waals surface area contributed by atoms with Gasteiger partial charge in [-0.3, -0.25) is 4.68 Å². The van der Waals surface area contributed by atoms with Gasteiger partial charge in [-0.2, -0.15) is 5.10 Å². The molecule has 1 aliphatic rings. The second kappa shape index (κ2) is 4.99. The van der Waals surface area contributed by atoms with Gasteiger partial charge in [0.2, 0.25) is 0 Å². The zero-order valence-corrected chi connectivity index (χ0v) is 12.3. The third kappa shape index (κ3) is 2.41. The molecular weight excluding hydrogens is 232 g/mol. The van der Waals surface area contributed by atoms with Crippen LogP contribution in [0.4, 0.5) is 0 Å². The maximum absolute atomic E-state index is 4.33. The quantitative estimate of drug-likeness (QED) is 0.773. The monoisotopic (exact) mass is 256 g/mol. The fourth-order valence-corrected chi connectivity index (χ4v) is 3.56. The lowest BCUT2D eigenvalue weighted by molar-refractivity contribution is 0.259. The first-order valence-corrected chi connectivity index (χ1v) is 7.57. The van der Waals surface area contributed by atoms with Gasteiger partial charge in [0.1, 0.15) is 0 Å². The Labute approximate surface area is 115 Å². The van der Waals surface area contributed by atoms with Crippen LogP contribution in [-0.4, -0.2) is 9.78 Å². The van der Waals surface area contributed by atoms with Crippen LogP contribution in [0.25, 0.3) is 10.9 Å². The Bertz CT molecular complexity index is 560. The highest BCUT2D eigenvalue weighted by atomic mass is 15.2. The van der Waals surface area contributed by atoms with E-state index in [9.17, 15) is 0 Å². The van der Waals surface area contributed by atoms with Crippen LogP contribution in [0.2, 0.25) is 0 Å². The molecule has 0 saturated heterocycles. The number of benzene rings is 1. The summed E-state index contributed by atoms with van der Waals surface area (Å²) in [6, 6.07) is 6.89. The Balaban J connectivity index is 1.78. The Morgan fingerprint density at radius 3 is 2.58 bits per heavy atom. The zero-order chi connectivity index (χ0) is 13.4. The number of fused-ring (bicyclic) bond motifs is 1. The molecule has 2 aromatic rings. The number of aromatic nitrogens is 2. The summed E-state index contributed by atoms with van der Waals surface area (Å²) in [5.74, 6) is 2.56. The van der Waals surface area contributed by atoms with E-state index in [1.165, 1.54) is 42.1 Å². The summed E-state index contributed by atoms with van der Waals surface area (Å²) in [5, 5.41) is 5.62. The lowest BCUT2D eigenvalue weighted by atomic mass is 9.75. The van der Waals surface area contributed by atoms with Gasteiger partial charge in [-0.05, 0) is 61.1 Å². The molecule has 19 heavy (non-hydrogen) atoms. The van der Waals surface area contributed by atoms with Crippen molar-refractivity contribution in [1.82, 2.24) is 9.78 Å². The predicted octanol–water partition coefficient (Wildman–Crippen LogP) is 4.50. The molecule has 2 nitrogen and oxygen atoms in total. The molecule has 0 unspecified atom stereocenters. The molecule has 0 radical (unpaired) electrons. The Kier molecular flexibility index (Phi) is 3.34. The average Bonchev–Trinajstić information content (AvgIpc) is 2.80. The summed E-state index contributed by atoms with van der Waals surface area (Å²) < 4.78 is 1.95. The SMILES string of the molecule is CC(C)C1CCC(c2ccc3c(cnn3C)c2)CC1. The van der Waals surface area contributed by atoms with Crippen LogP contribution in [0.15, 0.2) is 24.4 Å². The molecule has 0 N–H and O–H groups in total. The van der Waals surface area contributed by atoms with Gasteiger partial charge in [-0.15, -0.1) is 0 Å². The van der Waals surface area contributed by atoms with Crippen molar-refractivity contribution in [3.8, 4) is 0 Å². The van der Waals surface area contributed by atoms with E-state index in [4.69, 9.17) is 0 Å². The number of hydrogen-bond donors (Lipinski definition) is 0. The lowest BCUT2D eigenvalue weighted by Gasteiger charge is -2.31. The van der Waals surface area contributed by atoms with E-state index in [0.717, 1.165) is 17.8 Å². The average molecular weight is 256 g/mol. The highest BCUT2D eigenvalue weighted by Crippen LogP contribution is 2.39. The Morgan fingerprint density at radius 2 is 1.89 bits per heavy atom. The molecule has 1 aromatic heterocycles. The lowest BCUT2D eigenvalue weighted by Crippen LogP contribution is -2.17. The van der Waals surface area contributed by atoms with Crippen molar-refractivity contribution in [3.05, 3.63) is 30.0 Å². The third-order valence-electron chi connectivity index (χ3n) is 4.96. The molecule has 0 bridgehead atoms. The highest BCUT2D eigenvalue weighted by molar-refractivity contribution is 5.79. The molecule has 0 aliphatic heterocycles. The van der Waals surface area contributed by atoms with Crippen molar-refractivity contribution >= 4 is 10.9 Å². The van der Waals surface area contributed by atoms with E-state index in [2.05, 4.69) is 37.1 Å². The standard InChI is InChI=1S/C17H24N2/c1-12(2)13-4-6-14(7-5-13)15-8-9-17-16(10-15)11-18-19(17)3/h8-14H,4-7H2,1-3H3. The molecule has 2 heteroatoms. The van der Waals surface area contributed by atoms with Crippen LogP contribution >= 0.6 is 0 Å². The minimum atomic E-state index is 0.764.